The number of benzene rings is 1. The molecular formula is C15H16N6. The van der Waals surface area contributed by atoms with Crippen molar-refractivity contribution in [2.45, 2.75) is 6.54 Å². The second-order valence-corrected chi connectivity index (χ2v) is 4.59. The standard InChI is InChI=1S/C15H16N6/c16-20-15-8-4-7-14(19-15)18-13-9-17-21(11-13)10-12-5-2-1-3-6-12/h1-9,11H,10,16H2,(H2,18,19,20). The fourth-order valence-corrected chi connectivity index (χ4v) is 2.02. The third-order valence-corrected chi connectivity index (χ3v) is 2.99. The predicted molar refractivity (Wildman–Crippen MR) is 83.1 cm³/mol. The molecule has 0 aliphatic heterocycles. The van der Waals surface area contributed by atoms with E-state index in [-0.39, 0.29) is 0 Å². The summed E-state index contributed by atoms with van der Waals surface area (Å²) in [5.41, 5.74) is 4.61. The largest absolute Gasteiger partial charge is 0.338 e. The van der Waals surface area contributed by atoms with Gasteiger partial charge in [0.15, 0.2) is 0 Å². The molecule has 0 spiro atoms. The fourth-order valence-electron chi connectivity index (χ4n) is 2.02. The molecule has 0 aliphatic carbocycles. The van der Waals surface area contributed by atoms with Crippen LogP contribution in [-0.2, 0) is 6.54 Å². The summed E-state index contributed by atoms with van der Waals surface area (Å²) >= 11 is 0. The average molecular weight is 280 g/mol. The number of nitrogens with zero attached hydrogens (tertiary/aromatic N) is 3. The zero-order valence-electron chi connectivity index (χ0n) is 11.4. The first kappa shape index (κ1) is 13.1. The quantitative estimate of drug-likeness (QED) is 0.494. The normalized spacial score (nSPS) is 10.3. The number of hydrogen-bond acceptors (Lipinski definition) is 5. The molecule has 4 N–H and O–H groups in total. The van der Waals surface area contributed by atoms with Crippen LogP contribution in [0.25, 0.3) is 0 Å². The molecule has 2 aromatic heterocycles. The molecular weight excluding hydrogens is 264 g/mol. The van der Waals surface area contributed by atoms with Crippen molar-refractivity contribution in [3.8, 4) is 0 Å². The molecule has 1 aromatic carbocycles. The van der Waals surface area contributed by atoms with Gasteiger partial charge in [-0.05, 0) is 17.7 Å². The minimum absolute atomic E-state index is 0.608. The van der Waals surface area contributed by atoms with Crippen molar-refractivity contribution in [1.29, 1.82) is 0 Å². The SMILES string of the molecule is NNc1cccc(Nc2cnn(Cc3ccccc3)c2)n1. The number of nitrogens with one attached hydrogen (secondary N) is 2. The van der Waals surface area contributed by atoms with Gasteiger partial charge in [-0.1, -0.05) is 36.4 Å². The summed E-state index contributed by atoms with van der Waals surface area (Å²) in [5, 5.41) is 7.53. The van der Waals surface area contributed by atoms with E-state index in [1.54, 1.807) is 12.3 Å². The van der Waals surface area contributed by atoms with Gasteiger partial charge >= 0.3 is 0 Å². The summed E-state index contributed by atoms with van der Waals surface area (Å²) in [6.07, 6.45) is 3.71. The van der Waals surface area contributed by atoms with Crippen LogP contribution in [0.1, 0.15) is 5.56 Å². The Balaban J connectivity index is 1.70. The van der Waals surface area contributed by atoms with Gasteiger partial charge in [0, 0.05) is 6.20 Å². The lowest BCUT2D eigenvalue weighted by atomic mass is 10.2. The molecule has 0 unspecified atom stereocenters. The van der Waals surface area contributed by atoms with Crippen LogP contribution in [0, 0.1) is 0 Å². The van der Waals surface area contributed by atoms with E-state index in [2.05, 4.69) is 33.0 Å². The second kappa shape index (κ2) is 6.06. The summed E-state index contributed by atoms with van der Waals surface area (Å²) in [6.45, 7) is 0.736. The summed E-state index contributed by atoms with van der Waals surface area (Å²) in [4.78, 5) is 4.30. The summed E-state index contributed by atoms with van der Waals surface area (Å²) < 4.78 is 1.88. The monoisotopic (exact) mass is 280 g/mol. The lowest BCUT2D eigenvalue weighted by Crippen LogP contribution is -2.08. The van der Waals surface area contributed by atoms with E-state index in [9.17, 15) is 0 Å². The fraction of sp³-hybridized carbons (Fsp3) is 0.0667. The van der Waals surface area contributed by atoms with Gasteiger partial charge in [0.1, 0.15) is 11.6 Å². The van der Waals surface area contributed by atoms with Gasteiger partial charge in [-0.15, -0.1) is 0 Å². The van der Waals surface area contributed by atoms with Gasteiger partial charge in [-0.2, -0.15) is 5.10 Å². The first-order valence-electron chi connectivity index (χ1n) is 6.60. The third kappa shape index (κ3) is 3.37. The van der Waals surface area contributed by atoms with Crippen LogP contribution in [-0.4, -0.2) is 14.8 Å². The lowest BCUT2D eigenvalue weighted by molar-refractivity contribution is 0.687. The molecule has 6 nitrogen and oxygen atoms in total. The number of hydrogen-bond donors (Lipinski definition) is 3. The van der Waals surface area contributed by atoms with Crippen LogP contribution in [0.3, 0.4) is 0 Å². The number of rotatable bonds is 5. The number of hydrazine groups is 1. The Morgan fingerprint density at radius 2 is 1.81 bits per heavy atom. The Hall–Kier alpha value is -2.86. The van der Waals surface area contributed by atoms with E-state index < -0.39 is 0 Å². The van der Waals surface area contributed by atoms with Gasteiger partial charge in [0.2, 0.25) is 0 Å². The summed E-state index contributed by atoms with van der Waals surface area (Å²) in [5.74, 6) is 6.67. The molecule has 0 saturated heterocycles. The van der Waals surface area contributed by atoms with E-state index >= 15 is 0 Å². The maximum atomic E-state index is 5.35. The Bertz CT molecular complexity index is 707. The van der Waals surface area contributed by atoms with Crippen LogP contribution < -0.4 is 16.6 Å². The molecule has 106 valence electrons. The second-order valence-electron chi connectivity index (χ2n) is 4.59. The Labute approximate surface area is 122 Å². The highest BCUT2D eigenvalue weighted by molar-refractivity contribution is 5.56. The smallest absolute Gasteiger partial charge is 0.142 e. The number of anilines is 3. The van der Waals surface area contributed by atoms with Gasteiger partial charge in [0.25, 0.3) is 0 Å². The van der Waals surface area contributed by atoms with Gasteiger partial charge in [0.05, 0.1) is 18.4 Å². The van der Waals surface area contributed by atoms with Crippen molar-refractivity contribution in [2.75, 3.05) is 10.7 Å². The van der Waals surface area contributed by atoms with Crippen LogP contribution in [0.2, 0.25) is 0 Å². The molecule has 3 aromatic rings. The molecule has 0 fully saturated rings. The zero-order chi connectivity index (χ0) is 14.5. The third-order valence-electron chi connectivity index (χ3n) is 2.99. The van der Waals surface area contributed by atoms with E-state index in [0.29, 0.717) is 11.6 Å². The highest BCUT2D eigenvalue weighted by Gasteiger charge is 2.02. The Morgan fingerprint density at radius 1 is 1.00 bits per heavy atom. The summed E-state index contributed by atoms with van der Waals surface area (Å²) in [6, 6.07) is 15.7. The van der Waals surface area contributed by atoms with Crippen LogP contribution in [0.5, 0.6) is 0 Å². The van der Waals surface area contributed by atoms with E-state index in [4.69, 9.17) is 5.84 Å². The predicted octanol–water partition coefficient (Wildman–Crippen LogP) is 2.36. The van der Waals surface area contributed by atoms with Crippen molar-refractivity contribution in [3.63, 3.8) is 0 Å². The number of pyridine rings is 1. The minimum atomic E-state index is 0.608. The molecule has 6 heteroatoms. The molecule has 0 atom stereocenters. The highest BCUT2D eigenvalue weighted by atomic mass is 15.3. The average Bonchev–Trinajstić information content (AvgIpc) is 2.95. The number of aromatic nitrogens is 3. The van der Waals surface area contributed by atoms with Gasteiger partial charge < -0.3 is 10.7 Å². The first-order chi connectivity index (χ1) is 10.3. The lowest BCUT2D eigenvalue weighted by Gasteiger charge is -2.04. The maximum Gasteiger partial charge on any atom is 0.142 e. The number of nitrogen functional groups attached to an aromatic ring is 1. The van der Waals surface area contributed by atoms with E-state index in [0.717, 1.165) is 12.2 Å². The Morgan fingerprint density at radius 3 is 2.62 bits per heavy atom. The van der Waals surface area contributed by atoms with Crippen molar-refractivity contribution in [3.05, 3.63) is 66.5 Å². The Kier molecular flexibility index (Phi) is 3.79. The van der Waals surface area contributed by atoms with Crippen molar-refractivity contribution in [1.82, 2.24) is 14.8 Å². The molecule has 2 heterocycles. The molecule has 21 heavy (non-hydrogen) atoms. The van der Waals surface area contributed by atoms with E-state index in [1.165, 1.54) is 5.56 Å². The first-order valence-corrected chi connectivity index (χ1v) is 6.60. The molecule has 0 amide bonds. The number of nitrogens with two attached hydrogens (primary N) is 1. The van der Waals surface area contributed by atoms with Crippen molar-refractivity contribution in [2.24, 2.45) is 5.84 Å². The minimum Gasteiger partial charge on any atom is -0.338 e. The molecule has 0 radical (unpaired) electrons. The molecule has 0 aliphatic rings. The van der Waals surface area contributed by atoms with E-state index in [1.807, 2.05) is 41.2 Å². The van der Waals surface area contributed by atoms with Gasteiger partial charge in [-0.25, -0.2) is 10.8 Å². The van der Waals surface area contributed by atoms with Gasteiger partial charge in [-0.3, -0.25) is 4.68 Å². The van der Waals surface area contributed by atoms with Crippen LogP contribution >= 0.6 is 0 Å². The summed E-state index contributed by atoms with van der Waals surface area (Å²) in [7, 11) is 0. The van der Waals surface area contributed by atoms with Crippen molar-refractivity contribution >= 4 is 17.3 Å². The van der Waals surface area contributed by atoms with Crippen LogP contribution in [0.15, 0.2) is 60.9 Å². The molecule has 3 rings (SSSR count). The molecule has 0 saturated carbocycles. The zero-order valence-corrected chi connectivity index (χ0v) is 11.4. The van der Waals surface area contributed by atoms with Crippen LogP contribution in [0.4, 0.5) is 17.3 Å². The maximum absolute atomic E-state index is 5.35. The highest BCUT2D eigenvalue weighted by Crippen LogP contribution is 2.15. The molecule has 0 bridgehead atoms. The van der Waals surface area contributed by atoms with Crippen molar-refractivity contribution < 1.29 is 0 Å². The topological polar surface area (TPSA) is 80.8 Å².